The van der Waals surface area contributed by atoms with E-state index in [4.69, 9.17) is 83.9 Å². The van der Waals surface area contributed by atoms with Crippen LogP contribution in [0.3, 0.4) is 0 Å². The van der Waals surface area contributed by atoms with E-state index in [1.807, 2.05) is 6.92 Å². The molecule has 8 N–H and O–H groups in total. The standard InChI is InChI=1S/C10H20O2.8C2H4O2/c1-3-5-6-7-8-9-10(11)12-4-2;8*1-2(3)4/h3-9H2,1-2H3;8*1H3,(H,3,4). The summed E-state index contributed by atoms with van der Waals surface area (Å²) in [6, 6.07) is 0. The number of carboxylic acid groups (broad SMARTS) is 8. The van der Waals surface area contributed by atoms with E-state index in [1.165, 1.54) is 19.3 Å². The maximum Gasteiger partial charge on any atom is 0.305 e. The second kappa shape index (κ2) is 58.0. The van der Waals surface area contributed by atoms with Crippen LogP contribution in [-0.4, -0.2) is 101 Å². The predicted molar refractivity (Wildman–Crippen MR) is 156 cm³/mol. The third kappa shape index (κ3) is 1790. The Morgan fingerprint density at radius 3 is 0.727 bits per heavy atom. The fraction of sp³-hybridized carbons (Fsp3) is 0.654. The largest absolute Gasteiger partial charge is 0.481 e. The summed E-state index contributed by atoms with van der Waals surface area (Å²) in [7, 11) is 0. The number of rotatable bonds is 7. The van der Waals surface area contributed by atoms with E-state index in [0.717, 1.165) is 68.2 Å². The average molecular weight is 653 g/mol. The fourth-order valence-corrected chi connectivity index (χ4v) is 1.11. The van der Waals surface area contributed by atoms with E-state index in [9.17, 15) is 4.79 Å². The van der Waals surface area contributed by atoms with Gasteiger partial charge >= 0.3 is 5.97 Å². The number of esters is 1. The molecule has 0 saturated heterocycles. The molecule has 0 fully saturated rings. The van der Waals surface area contributed by atoms with Crippen molar-refractivity contribution in [2.75, 3.05) is 6.61 Å². The minimum atomic E-state index is -0.833. The molecule has 44 heavy (non-hydrogen) atoms. The van der Waals surface area contributed by atoms with Crippen molar-refractivity contribution in [1.82, 2.24) is 0 Å². The predicted octanol–water partition coefficient (Wildman–Crippen LogP) is 3.64. The number of unbranched alkanes of at least 4 members (excludes halogenated alkanes) is 4. The van der Waals surface area contributed by atoms with Gasteiger partial charge in [-0.3, -0.25) is 43.2 Å². The van der Waals surface area contributed by atoms with E-state index < -0.39 is 47.8 Å². The summed E-state index contributed by atoms with van der Waals surface area (Å²) >= 11 is 0. The molecule has 0 unspecified atom stereocenters. The van der Waals surface area contributed by atoms with Crippen LogP contribution in [-0.2, 0) is 47.9 Å². The highest BCUT2D eigenvalue weighted by atomic mass is 16.5. The van der Waals surface area contributed by atoms with Crippen molar-refractivity contribution in [1.29, 1.82) is 0 Å². The Kier molecular flexibility index (Phi) is 82.7. The first kappa shape index (κ1) is 62.7. The minimum Gasteiger partial charge on any atom is -0.481 e. The van der Waals surface area contributed by atoms with Gasteiger partial charge in [-0.25, -0.2) is 0 Å². The Bertz CT molecular complexity index is 569. The molecule has 0 atom stereocenters. The molecule has 0 saturated carbocycles. The Morgan fingerprint density at radius 1 is 0.386 bits per heavy atom. The van der Waals surface area contributed by atoms with Gasteiger partial charge in [-0.1, -0.05) is 32.6 Å². The molecule has 0 amide bonds. The van der Waals surface area contributed by atoms with Crippen LogP contribution in [0.15, 0.2) is 0 Å². The summed E-state index contributed by atoms with van der Waals surface area (Å²) in [5.74, 6) is -6.71. The molecule has 0 aromatic rings. The summed E-state index contributed by atoms with van der Waals surface area (Å²) in [5.41, 5.74) is 0. The zero-order valence-electron chi connectivity index (χ0n) is 27.1. The highest BCUT2D eigenvalue weighted by molar-refractivity contribution is 5.69. The van der Waals surface area contributed by atoms with Crippen LogP contribution >= 0.6 is 0 Å². The number of aliphatic carboxylic acids is 8. The second-order valence-corrected chi connectivity index (χ2v) is 7.12. The maximum absolute atomic E-state index is 10.9. The van der Waals surface area contributed by atoms with Gasteiger partial charge in [0.15, 0.2) is 0 Å². The average Bonchev–Trinajstić information content (AvgIpc) is 2.70. The van der Waals surface area contributed by atoms with E-state index in [2.05, 4.69) is 6.92 Å². The molecule has 0 bridgehead atoms. The molecule has 0 aromatic heterocycles. The molecule has 264 valence electrons. The minimum absolute atomic E-state index is 0.0472. The van der Waals surface area contributed by atoms with Crippen molar-refractivity contribution in [3.63, 3.8) is 0 Å². The van der Waals surface area contributed by atoms with E-state index in [-0.39, 0.29) is 5.97 Å². The van der Waals surface area contributed by atoms with Gasteiger partial charge in [0.25, 0.3) is 47.8 Å². The molecule has 18 nitrogen and oxygen atoms in total. The van der Waals surface area contributed by atoms with E-state index in [0.29, 0.717) is 13.0 Å². The van der Waals surface area contributed by atoms with Gasteiger partial charge in [0.2, 0.25) is 0 Å². The summed E-state index contributed by atoms with van der Waals surface area (Å²) in [6.45, 7) is 13.2. The third-order valence-electron chi connectivity index (χ3n) is 1.79. The van der Waals surface area contributed by atoms with Gasteiger partial charge in [-0.2, -0.15) is 0 Å². The summed E-state index contributed by atoms with van der Waals surface area (Å²) in [5, 5.41) is 59.3. The fourth-order valence-electron chi connectivity index (χ4n) is 1.11. The lowest BCUT2D eigenvalue weighted by molar-refractivity contribution is -0.143. The highest BCUT2D eigenvalue weighted by Crippen LogP contribution is 2.05. The lowest BCUT2D eigenvalue weighted by atomic mass is 10.1. The summed E-state index contributed by atoms with van der Waals surface area (Å²) in [6.07, 6.45) is 6.52. The molecule has 0 aliphatic heterocycles. The quantitative estimate of drug-likeness (QED) is 0.144. The SMILES string of the molecule is CC(=O)O.CC(=O)O.CC(=O)O.CC(=O)O.CC(=O)O.CC(=O)O.CC(=O)O.CC(=O)O.CCCCCCCC(=O)OCC. The lowest BCUT2D eigenvalue weighted by Crippen LogP contribution is -2.02. The van der Waals surface area contributed by atoms with Crippen LogP contribution in [0.1, 0.15) is 108 Å². The normalized spacial score (nSPS) is 7.23. The number of hydrogen-bond acceptors (Lipinski definition) is 10. The van der Waals surface area contributed by atoms with Gasteiger partial charge in [0, 0.05) is 61.8 Å². The molecule has 0 rings (SSSR count). The molecular formula is C26H52O18. The van der Waals surface area contributed by atoms with Gasteiger partial charge in [0.1, 0.15) is 0 Å². The zero-order chi connectivity index (χ0) is 37.9. The van der Waals surface area contributed by atoms with Crippen molar-refractivity contribution >= 4 is 53.7 Å². The van der Waals surface area contributed by atoms with Crippen molar-refractivity contribution in [2.24, 2.45) is 0 Å². The van der Waals surface area contributed by atoms with Gasteiger partial charge in [-0.15, -0.1) is 0 Å². The topological polar surface area (TPSA) is 325 Å². The molecule has 0 radical (unpaired) electrons. The summed E-state index contributed by atoms with van der Waals surface area (Å²) in [4.78, 5) is 82.9. The van der Waals surface area contributed by atoms with Crippen molar-refractivity contribution < 1.29 is 88.7 Å². The van der Waals surface area contributed by atoms with Crippen LogP contribution in [0.5, 0.6) is 0 Å². The lowest BCUT2D eigenvalue weighted by Gasteiger charge is -2.00. The number of carbonyl (C=O) groups is 9. The van der Waals surface area contributed by atoms with Gasteiger partial charge in [-0.05, 0) is 13.3 Å². The van der Waals surface area contributed by atoms with Crippen LogP contribution in [0.4, 0.5) is 0 Å². The third-order valence-corrected chi connectivity index (χ3v) is 1.79. The highest BCUT2D eigenvalue weighted by Gasteiger charge is 1.99. The van der Waals surface area contributed by atoms with Crippen molar-refractivity contribution in [2.45, 2.75) is 108 Å². The number of hydrogen-bond donors (Lipinski definition) is 8. The number of carboxylic acids is 8. The Hall–Kier alpha value is -4.77. The first-order chi connectivity index (χ1) is 19.7. The molecule has 0 aromatic carbocycles. The Morgan fingerprint density at radius 2 is 0.568 bits per heavy atom. The monoisotopic (exact) mass is 652 g/mol. The second-order valence-electron chi connectivity index (χ2n) is 7.12. The zero-order valence-corrected chi connectivity index (χ0v) is 27.1. The summed E-state index contributed by atoms with van der Waals surface area (Å²) < 4.78 is 4.81. The van der Waals surface area contributed by atoms with Crippen LogP contribution < -0.4 is 0 Å². The number of ether oxygens (including phenoxy) is 1. The van der Waals surface area contributed by atoms with Gasteiger partial charge < -0.3 is 45.6 Å². The van der Waals surface area contributed by atoms with Crippen LogP contribution in [0.25, 0.3) is 0 Å². The van der Waals surface area contributed by atoms with E-state index in [1.54, 1.807) is 0 Å². The van der Waals surface area contributed by atoms with Crippen molar-refractivity contribution in [3.05, 3.63) is 0 Å². The smallest absolute Gasteiger partial charge is 0.305 e. The first-order valence-electron chi connectivity index (χ1n) is 12.4. The number of carbonyl (C=O) groups excluding carboxylic acids is 1. The maximum atomic E-state index is 10.9. The molecule has 0 aliphatic carbocycles. The first-order valence-corrected chi connectivity index (χ1v) is 12.4. The van der Waals surface area contributed by atoms with Crippen LogP contribution in [0.2, 0.25) is 0 Å². The van der Waals surface area contributed by atoms with E-state index >= 15 is 0 Å². The molecule has 0 aliphatic rings. The molecule has 0 spiro atoms. The van der Waals surface area contributed by atoms with Gasteiger partial charge in [0.05, 0.1) is 6.61 Å². The molecular weight excluding hydrogens is 600 g/mol. The Labute approximate surface area is 257 Å². The van der Waals surface area contributed by atoms with Crippen molar-refractivity contribution in [3.8, 4) is 0 Å². The molecule has 0 heterocycles. The van der Waals surface area contributed by atoms with Crippen LogP contribution in [0, 0.1) is 0 Å². The Balaban J connectivity index is -0.0000000472. The molecule has 18 heteroatoms.